The summed E-state index contributed by atoms with van der Waals surface area (Å²) in [6, 6.07) is 3.91. The van der Waals surface area contributed by atoms with E-state index in [0.717, 1.165) is 38.0 Å². The third-order valence-corrected chi connectivity index (χ3v) is 5.24. The minimum atomic E-state index is -0.111. The van der Waals surface area contributed by atoms with E-state index in [2.05, 4.69) is 28.7 Å². The highest BCUT2D eigenvalue weighted by Crippen LogP contribution is 2.36. The summed E-state index contributed by atoms with van der Waals surface area (Å²) in [5.41, 5.74) is 0. The average Bonchev–Trinajstić information content (AvgIpc) is 3.08. The van der Waals surface area contributed by atoms with Crippen LogP contribution in [0.25, 0.3) is 0 Å². The molecule has 1 aromatic rings. The summed E-state index contributed by atoms with van der Waals surface area (Å²) in [5.74, 6) is 1.80. The van der Waals surface area contributed by atoms with Crippen LogP contribution in [0.2, 0.25) is 0 Å². The normalized spacial score (nSPS) is 29.7. The van der Waals surface area contributed by atoms with Crippen LogP contribution in [0.15, 0.2) is 35.5 Å². The topological polar surface area (TPSA) is 48.7 Å². The van der Waals surface area contributed by atoms with Crippen molar-refractivity contribution in [2.75, 3.05) is 39.8 Å². The van der Waals surface area contributed by atoms with Gasteiger partial charge in [0.05, 0.1) is 6.26 Å². The Bertz CT molecular complexity index is 528. The number of likely N-dealkylation sites (N-methyl/N-ethyl adjacent to an activating group) is 1. The van der Waals surface area contributed by atoms with Gasteiger partial charge in [0.25, 0.3) is 5.91 Å². The van der Waals surface area contributed by atoms with Gasteiger partial charge in [0.2, 0.25) is 0 Å². The van der Waals surface area contributed by atoms with Crippen molar-refractivity contribution < 1.29 is 9.21 Å². The summed E-state index contributed by atoms with van der Waals surface area (Å²) >= 11 is 0. The van der Waals surface area contributed by atoms with Crippen LogP contribution in [0.3, 0.4) is 0 Å². The molecule has 1 aromatic heterocycles. The maximum atomic E-state index is 12.0. The number of carbonyl (C=O) groups is 1. The molecule has 0 radical (unpaired) electrons. The summed E-state index contributed by atoms with van der Waals surface area (Å²) < 4.78 is 5.14. The lowest BCUT2D eigenvalue weighted by Gasteiger charge is -2.50. The summed E-state index contributed by atoms with van der Waals surface area (Å²) in [5, 5.41) is 3.02. The third kappa shape index (κ3) is 3.85. The van der Waals surface area contributed by atoms with Crippen LogP contribution in [-0.2, 0) is 0 Å². The van der Waals surface area contributed by atoms with Gasteiger partial charge in [-0.3, -0.25) is 9.69 Å². The Morgan fingerprint density at radius 1 is 1.61 bits per heavy atom. The van der Waals surface area contributed by atoms with Crippen molar-refractivity contribution >= 4 is 5.91 Å². The molecule has 3 aliphatic heterocycles. The molecular weight excluding hydrogens is 290 g/mol. The quantitative estimate of drug-likeness (QED) is 0.780. The van der Waals surface area contributed by atoms with E-state index >= 15 is 0 Å². The fourth-order valence-electron chi connectivity index (χ4n) is 4.07. The number of nitrogens with zero attached hydrogens (tertiary/aromatic N) is 2. The zero-order valence-electron chi connectivity index (χ0n) is 13.9. The van der Waals surface area contributed by atoms with Crippen LogP contribution in [0, 0.1) is 11.8 Å². The molecule has 5 heteroatoms. The molecule has 3 fully saturated rings. The molecule has 0 spiro atoms. The highest BCUT2D eigenvalue weighted by atomic mass is 16.3. The van der Waals surface area contributed by atoms with E-state index in [1.165, 1.54) is 19.1 Å². The fraction of sp³-hybridized carbons (Fsp3) is 0.611. The predicted octanol–water partition coefficient (Wildman–Crippen LogP) is 1.84. The van der Waals surface area contributed by atoms with Crippen molar-refractivity contribution in [2.45, 2.75) is 18.9 Å². The maximum absolute atomic E-state index is 12.0. The standard InChI is InChI=1S/C18H27N3O2/c1-3-7-20(2)12-15-13-21-8-6-14(15)10-16(21)11-19-18(22)17-5-4-9-23-17/h3-5,9,14-16H,1,6-8,10-13H2,2H3,(H,19,22)/t14-,15-,16+/m0/s1. The first-order chi connectivity index (χ1) is 11.2. The van der Waals surface area contributed by atoms with Gasteiger partial charge in [-0.05, 0) is 50.4 Å². The van der Waals surface area contributed by atoms with E-state index < -0.39 is 0 Å². The van der Waals surface area contributed by atoms with Crippen LogP contribution >= 0.6 is 0 Å². The number of hydrogen-bond donors (Lipinski definition) is 1. The SMILES string of the molecule is C=CCN(C)C[C@H]1CN2CC[C@H]1C[C@@H]2CNC(=O)c1ccco1. The van der Waals surface area contributed by atoms with Crippen molar-refractivity contribution in [3.8, 4) is 0 Å². The number of amides is 1. The highest BCUT2D eigenvalue weighted by Gasteiger charge is 2.40. The molecule has 4 heterocycles. The summed E-state index contributed by atoms with van der Waals surface area (Å²) in [6.07, 6.45) is 5.97. The molecule has 23 heavy (non-hydrogen) atoms. The second-order valence-corrected chi connectivity index (χ2v) is 6.89. The molecule has 3 saturated heterocycles. The average molecular weight is 317 g/mol. The molecular formula is C18H27N3O2. The molecule has 0 saturated carbocycles. The monoisotopic (exact) mass is 317 g/mol. The van der Waals surface area contributed by atoms with Crippen molar-refractivity contribution in [2.24, 2.45) is 11.8 Å². The van der Waals surface area contributed by atoms with Gasteiger partial charge in [-0.1, -0.05) is 6.08 Å². The third-order valence-electron chi connectivity index (χ3n) is 5.24. The zero-order valence-corrected chi connectivity index (χ0v) is 13.9. The lowest BCUT2D eigenvalue weighted by molar-refractivity contribution is -0.00785. The van der Waals surface area contributed by atoms with E-state index in [0.29, 0.717) is 18.3 Å². The Labute approximate surface area is 138 Å². The van der Waals surface area contributed by atoms with Crippen molar-refractivity contribution in [3.05, 3.63) is 36.8 Å². The van der Waals surface area contributed by atoms with E-state index in [-0.39, 0.29) is 5.91 Å². The molecule has 0 aromatic carbocycles. The Morgan fingerprint density at radius 3 is 3.13 bits per heavy atom. The largest absolute Gasteiger partial charge is 0.459 e. The number of fused-ring (bicyclic) bond motifs is 3. The molecule has 4 atom stereocenters. The molecule has 5 nitrogen and oxygen atoms in total. The van der Waals surface area contributed by atoms with Crippen LogP contribution in [-0.4, -0.2) is 61.5 Å². The smallest absolute Gasteiger partial charge is 0.287 e. The Morgan fingerprint density at radius 2 is 2.48 bits per heavy atom. The van der Waals surface area contributed by atoms with E-state index in [9.17, 15) is 4.79 Å². The molecule has 4 rings (SSSR count). The van der Waals surface area contributed by atoms with E-state index in [1.807, 2.05) is 6.08 Å². The van der Waals surface area contributed by atoms with Gasteiger partial charge in [0, 0.05) is 32.2 Å². The Kier molecular flexibility index (Phi) is 5.18. The van der Waals surface area contributed by atoms with Crippen molar-refractivity contribution in [1.82, 2.24) is 15.1 Å². The number of hydrogen-bond acceptors (Lipinski definition) is 4. The first-order valence-corrected chi connectivity index (χ1v) is 8.52. The van der Waals surface area contributed by atoms with Gasteiger partial charge in [0.15, 0.2) is 5.76 Å². The fourth-order valence-corrected chi connectivity index (χ4v) is 4.07. The van der Waals surface area contributed by atoms with Crippen molar-refractivity contribution in [1.29, 1.82) is 0 Å². The maximum Gasteiger partial charge on any atom is 0.287 e. The number of furan rings is 1. The number of nitrogens with one attached hydrogen (secondary N) is 1. The number of carbonyl (C=O) groups excluding carboxylic acids is 1. The molecule has 1 amide bonds. The zero-order chi connectivity index (χ0) is 16.2. The molecule has 126 valence electrons. The van der Waals surface area contributed by atoms with Crippen LogP contribution in [0.5, 0.6) is 0 Å². The second-order valence-electron chi connectivity index (χ2n) is 6.89. The first-order valence-electron chi connectivity index (χ1n) is 8.52. The molecule has 2 bridgehead atoms. The lowest BCUT2D eigenvalue weighted by atomic mass is 9.75. The van der Waals surface area contributed by atoms with Crippen LogP contribution in [0.1, 0.15) is 23.4 Å². The predicted molar refractivity (Wildman–Crippen MR) is 90.3 cm³/mol. The molecule has 1 unspecified atom stereocenters. The molecule has 1 N–H and O–H groups in total. The molecule has 3 aliphatic rings. The van der Waals surface area contributed by atoms with E-state index in [4.69, 9.17) is 4.42 Å². The van der Waals surface area contributed by atoms with Gasteiger partial charge in [-0.2, -0.15) is 0 Å². The first kappa shape index (κ1) is 16.3. The number of rotatable bonds is 7. The van der Waals surface area contributed by atoms with Gasteiger partial charge in [0.1, 0.15) is 0 Å². The Hall–Kier alpha value is -1.59. The van der Waals surface area contributed by atoms with Gasteiger partial charge >= 0.3 is 0 Å². The van der Waals surface area contributed by atoms with Gasteiger partial charge in [-0.15, -0.1) is 6.58 Å². The highest BCUT2D eigenvalue weighted by molar-refractivity contribution is 5.91. The second kappa shape index (κ2) is 7.32. The summed E-state index contributed by atoms with van der Waals surface area (Å²) in [7, 11) is 2.17. The Balaban J connectivity index is 1.49. The molecule has 0 aliphatic carbocycles. The van der Waals surface area contributed by atoms with Gasteiger partial charge < -0.3 is 14.6 Å². The van der Waals surface area contributed by atoms with Crippen LogP contribution in [0.4, 0.5) is 0 Å². The summed E-state index contributed by atoms with van der Waals surface area (Å²) in [4.78, 5) is 16.9. The number of piperidine rings is 3. The lowest BCUT2D eigenvalue weighted by Crippen LogP contribution is -2.58. The minimum Gasteiger partial charge on any atom is -0.459 e. The van der Waals surface area contributed by atoms with Gasteiger partial charge in [-0.25, -0.2) is 0 Å². The van der Waals surface area contributed by atoms with Crippen molar-refractivity contribution in [3.63, 3.8) is 0 Å². The van der Waals surface area contributed by atoms with Crippen LogP contribution < -0.4 is 5.32 Å². The summed E-state index contributed by atoms with van der Waals surface area (Å²) in [6.45, 7) is 8.92. The van der Waals surface area contributed by atoms with E-state index in [1.54, 1.807) is 12.1 Å². The minimum absolute atomic E-state index is 0.111.